The number of nitrogens with one attached hydrogen (secondary N) is 2. The van der Waals surface area contributed by atoms with Crippen LogP contribution in [0.1, 0.15) is 39.9 Å². The van der Waals surface area contributed by atoms with E-state index in [9.17, 15) is 44.7 Å². The number of rotatable bonds is 8. The van der Waals surface area contributed by atoms with Crippen molar-refractivity contribution >= 4 is 90.4 Å². The Morgan fingerprint density at radius 3 is 2.18 bits per heavy atom. The first-order valence-corrected chi connectivity index (χ1v) is 13.8. The molecule has 2 N–H and O–H groups in total. The van der Waals surface area contributed by atoms with Crippen molar-refractivity contribution in [3.05, 3.63) is 74.2 Å². The van der Waals surface area contributed by atoms with Gasteiger partial charge in [-0.05, 0) is 104 Å². The van der Waals surface area contributed by atoms with Crippen molar-refractivity contribution in [2.45, 2.75) is 32.9 Å². The first-order valence-electron chi connectivity index (χ1n) is 10.5. The molecule has 2 rings (SSSR count). The van der Waals surface area contributed by atoms with Crippen molar-refractivity contribution < 1.29 is 44.7 Å². The topological polar surface area (TPSA) is 58.2 Å². The normalized spacial score (nSPS) is 14.5. The molecule has 0 aliphatic carbocycles. The molecule has 2 atom stereocenters. The van der Waals surface area contributed by atoms with Gasteiger partial charge in [-0.3, -0.25) is 9.59 Å². The average Bonchev–Trinajstić information content (AvgIpc) is 2.80. The molecule has 0 aliphatic rings. The van der Waals surface area contributed by atoms with Crippen LogP contribution in [-0.4, -0.2) is 32.3 Å². The molecule has 0 heterocycles. The average molecular weight is 874 g/mol. The minimum absolute atomic E-state index is 0.0881. The Labute approximate surface area is 257 Å². The number of halogens is 12. The molecule has 0 saturated carbocycles. The minimum atomic E-state index is -5.21. The Morgan fingerprint density at radius 2 is 1.67 bits per heavy atom. The zero-order valence-electron chi connectivity index (χ0n) is 19.3. The van der Waals surface area contributed by atoms with Crippen LogP contribution >= 0.6 is 72.7 Å². The van der Waals surface area contributed by atoms with Crippen molar-refractivity contribution in [2.75, 3.05) is 6.54 Å². The maximum Gasteiger partial charge on any atom is 0.417 e. The van der Waals surface area contributed by atoms with Crippen LogP contribution in [0.5, 0.6) is 0 Å². The highest BCUT2D eigenvalue weighted by molar-refractivity contribution is 14.2. The lowest BCUT2D eigenvalue weighted by Gasteiger charge is -2.19. The first-order chi connectivity index (χ1) is 17.7. The zero-order valence-corrected chi connectivity index (χ0v) is 25.9. The highest BCUT2D eigenvalue weighted by atomic mass is 127. The van der Waals surface area contributed by atoms with Crippen LogP contribution < -0.4 is 10.6 Å². The first kappa shape index (κ1) is 34.0. The quantitative estimate of drug-likeness (QED) is 0.159. The minimum Gasteiger partial charge on any atom is -0.349 e. The van der Waals surface area contributed by atoms with Crippen LogP contribution in [0, 0.1) is 0 Å². The summed E-state index contributed by atoms with van der Waals surface area (Å²) >= 11 is 11.5. The van der Waals surface area contributed by atoms with Gasteiger partial charge in [-0.1, -0.05) is 23.7 Å². The molecule has 0 bridgehead atoms. The van der Waals surface area contributed by atoms with Crippen molar-refractivity contribution in [1.82, 2.24) is 10.6 Å². The van der Waals surface area contributed by atoms with Gasteiger partial charge in [-0.15, -0.1) is 0 Å². The third-order valence-electron chi connectivity index (χ3n) is 5.02. The molecular weight excluding hydrogens is 857 g/mol. The van der Waals surface area contributed by atoms with Gasteiger partial charge in [0.05, 0.1) is 22.7 Å². The second-order valence-corrected chi connectivity index (χ2v) is 14.7. The van der Waals surface area contributed by atoms with Gasteiger partial charge < -0.3 is 10.6 Å². The standard InChI is InChI=1S/C23H16BrClF8I2N2O2/c1-10(19(38)36-9-21(27,34)35)37-20(39)13-4-2-12(6-15(13)23(31,32)33)18(26)8-14(22(28,29)30)11-3-5-17(25)16(24)7-11/h2-8,10,14H,9H2,1H3,(H,36,38)(H,37,39)/b18-8-/t10-,14?/m1/s1. The zero-order chi connectivity index (χ0) is 29.9. The summed E-state index contributed by atoms with van der Waals surface area (Å²) in [7, 11) is 0. The Kier molecular flexibility index (Phi) is 11.5. The predicted octanol–water partition coefficient (Wildman–Crippen LogP) is 8.51. The summed E-state index contributed by atoms with van der Waals surface area (Å²) in [6.07, 6.45) is -10.1. The Bertz CT molecular complexity index is 1270. The maximum absolute atomic E-state index is 14.9. The van der Waals surface area contributed by atoms with Gasteiger partial charge in [0.1, 0.15) is 17.8 Å². The van der Waals surface area contributed by atoms with E-state index in [1.165, 1.54) is 45.2 Å². The van der Waals surface area contributed by atoms with Crippen LogP contribution in [0.3, 0.4) is 0 Å². The molecule has 2 aromatic carbocycles. The summed E-state index contributed by atoms with van der Waals surface area (Å²) in [5, 5.41) is 4.29. The van der Waals surface area contributed by atoms with E-state index >= 15 is 0 Å². The lowest BCUT2D eigenvalue weighted by molar-refractivity contribution is -0.140. The van der Waals surface area contributed by atoms with Gasteiger partial charge in [0.2, 0.25) is 7.59 Å². The lowest BCUT2D eigenvalue weighted by atomic mass is 9.95. The molecule has 0 aliphatic heterocycles. The van der Waals surface area contributed by atoms with E-state index in [1.54, 1.807) is 0 Å². The lowest BCUT2D eigenvalue weighted by Crippen LogP contribution is -2.47. The van der Waals surface area contributed by atoms with Gasteiger partial charge in [0, 0.05) is 10.0 Å². The predicted molar refractivity (Wildman–Crippen MR) is 150 cm³/mol. The van der Waals surface area contributed by atoms with Gasteiger partial charge >= 0.3 is 12.4 Å². The molecule has 0 aromatic heterocycles. The molecule has 2 aromatic rings. The van der Waals surface area contributed by atoms with E-state index in [2.05, 4.69) is 21.2 Å². The molecular formula is C23H16BrClF8I2N2O2. The van der Waals surface area contributed by atoms with Crippen LogP contribution in [0.4, 0.5) is 35.1 Å². The van der Waals surface area contributed by atoms with Gasteiger partial charge in [0.25, 0.3) is 5.91 Å². The number of hydrogen-bond acceptors (Lipinski definition) is 2. The monoisotopic (exact) mass is 872 g/mol. The van der Waals surface area contributed by atoms with Crippen molar-refractivity contribution in [2.24, 2.45) is 0 Å². The second-order valence-electron chi connectivity index (χ2n) is 7.99. The molecule has 0 radical (unpaired) electrons. The Morgan fingerprint density at radius 1 is 1.05 bits per heavy atom. The summed E-state index contributed by atoms with van der Waals surface area (Å²) in [5.74, 6) is -6.41. The van der Waals surface area contributed by atoms with Crippen LogP contribution in [-0.2, 0) is 11.0 Å². The van der Waals surface area contributed by atoms with E-state index < -0.39 is 72.4 Å². The second kappa shape index (κ2) is 13.2. The van der Waals surface area contributed by atoms with E-state index in [0.29, 0.717) is 12.1 Å². The van der Waals surface area contributed by atoms with E-state index in [-0.39, 0.29) is 21.6 Å². The molecule has 0 spiro atoms. The largest absolute Gasteiger partial charge is 0.417 e. The molecule has 2 amide bonds. The van der Waals surface area contributed by atoms with Crippen molar-refractivity contribution in [3.8, 4) is 0 Å². The number of benzene rings is 2. The summed E-state index contributed by atoms with van der Waals surface area (Å²) in [6, 6.07) is 3.24. The van der Waals surface area contributed by atoms with Gasteiger partial charge in [-0.25, -0.2) is 8.78 Å². The molecule has 0 saturated heterocycles. The Hall–Kier alpha value is -1.21. The van der Waals surface area contributed by atoms with Gasteiger partial charge in [-0.2, -0.15) is 26.3 Å². The molecule has 0 fully saturated rings. The third-order valence-corrected chi connectivity index (χ3v) is 6.99. The number of carbonyl (C=O) groups is 2. The van der Waals surface area contributed by atoms with Crippen molar-refractivity contribution in [3.63, 3.8) is 0 Å². The maximum atomic E-state index is 14.9. The van der Waals surface area contributed by atoms with Crippen LogP contribution in [0.25, 0.3) is 5.83 Å². The number of allylic oxidation sites excluding steroid dienone is 1. The molecule has 214 valence electrons. The highest BCUT2D eigenvalue weighted by Gasteiger charge is 2.41. The smallest absolute Gasteiger partial charge is 0.349 e. The van der Waals surface area contributed by atoms with Crippen LogP contribution in [0.2, 0.25) is 5.02 Å². The number of hydrogen-bond donors (Lipinski definition) is 2. The fraction of sp³-hybridized carbons (Fsp3) is 0.304. The molecule has 16 heteroatoms. The van der Waals surface area contributed by atoms with Gasteiger partial charge in [0.15, 0.2) is 0 Å². The fourth-order valence-electron chi connectivity index (χ4n) is 3.13. The van der Waals surface area contributed by atoms with Crippen molar-refractivity contribution in [1.29, 1.82) is 0 Å². The molecule has 39 heavy (non-hydrogen) atoms. The fourth-order valence-corrected chi connectivity index (χ4v) is 4.03. The number of carbonyl (C=O) groups excluding carboxylic acids is 2. The Balaban J connectivity index is 2.42. The summed E-state index contributed by atoms with van der Waals surface area (Å²) in [5.41, 5.74) is -3.94. The summed E-state index contributed by atoms with van der Waals surface area (Å²) in [6.45, 7) is 0.692. The number of alkyl halides is 9. The van der Waals surface area contributed by atoms with E-state index in [0.717, 1.165) is 25.1 Å². The van der Waals surface area contributed by atoms with E-state index in [1.807, 2.05) is 5.32 Å². The molecule has 1 unspecified atom stereocenters. The number of amides is 2. The summed E-state index contributed by atoms with van der Waals surface area (Å²) in [4.78, 5) is 24.6. The highest BCUT2D eigenvalue weighted by Crippen LogP contribution is 2.41. The van der Waals surface area contributed by atoms with Crippen LogP contribution in [0.15, 0.2) is 46.9 Å². The third kappa shape index (κ3) is 9.98. The molecule has 4 nitrogen and oxygen atoms in total. The SMILES string of the molecule is C[C@@H](NC(=O)c1ccc(/C(F)=C/C(c2ccc(Cl)c(Br)c2)C(F)(F)F)cc1C(F)(F)F)C(=O)NCC(F)(I)I. The summed E-state index contributed by atoms with van der Waals surface area (Å²) < 4.78 is 109. The van der Waals surface area contributed by atoms with E-state index in [4.69, 9.17) is 11.6 Å².